The average Bonchev–Trinajstić information content (AvgIpc) is 2.26. The van der Waals surface area contributed by atoms with Crippen molar-refractivity contribution in [3.8, 4) is 0 Å². The van der Waals surface area contributed by atoms with Crippen LogP contribution in [-0.4, -0.2) is 31.0 Å². The van der Waals surface area contributed by atoms with E-state index in [-0.39, 0.29) is 12.5 Å². The summed E-state index contributed by atoms with van der Waals surface area (Å²) < 4.78 is 0.821. The Morgan fingerprint density at radius 2 is 2.28 bits per heavy atom. The third-order valence-corrected chi connectivity index (χ3v) is 2.75. The molecule has 0 bridgehead atoms. The van der Waals surface area contributed by atoms with Crippen LogP contribution in [0.4, 0.5) is 11.5 Å². The Bertz CT molecular complexity index is 423. The molecule has 18 heavy (non-hydrogen) atoms. The van der Waals surface area contributed by atoms with Crippen LogP contribution >= 0.6 is 15.9 Å². The van der Waals surface area contributed by atoms with Crippen molar-refractivity contribution in [1.29, 1.82) is 0 Å². The van der Waals surface area contributed by atoms with Crippen LogP contribution in [0.15, 0.2) is 16.7 Å². The van der Waals surface area contributed by atoms with Crippen molar-refractivity contribution in [3.05, 3.63) is 16.7 Å². The molecule has 0 saturated carbocycles. The minimum atomic E-state index is -0.0321. The molecule has 0 unspecified atom stereocenters. The van der Waals surface area contributed by atoms with E-state index in [1.807, 2.05) is 0 Å². The Morgan fingerprint density at radius 3 is 2.83 bits per heavy atom. The van der Waals surface area contributed by atoms with Crippen LogP contribution in [0.1, 0.15) is 13.8 Å². The van der Waals surface area contributed by atoms with Gasteiger partial charge in [-0.1, -0.05) is 13.8 Å². The van der Waals surface area contributed by atoms with Crippen LogP contribution in [0, 0.1) is 5.92 Å². The molecule has 1 amide bonds. The summed E-state index contributed by atoms with van der Waals surface area (Å²) in [6.45, 7) is 5.03. The number of nitrogen functional groups attached to an aromatic ring is 1. The minimum Gasteiger partial charge on any atom is -0.396 e. The predicted octanol–water partition coefficient (Wildman–Crippen LogP) is 1.63. The lowest BCUT2D eigenvalue weighted by atomic mass is 10.2. The number of nitrogens with one attached hydrogen (secondary N) is 1. The van der Waals surface area contributed by atoms with Crippen molar-refractivity contribution >= 4 is 33.3 Å². The molecule has 0 spiro atoms. The standard InChI is InChI=1S/C12H19BrN4O/c1-8(2)5-15-11(18)7-17(3)12-10(14)4-9(13)6-16-12/h4,6,8H,5,7,14H2,1-3H3,(H,15,18). The first-order chi connectivity index (χ1) is 8.40. The fourth-order valence-electron chi connectivity index (χ4n) is 1.43. The summed E-state index contributed by atoms with van der Waals surface area (Å²) in [4.78, 5) is 17.6. The van der Waals surface area contributed by atoms with Gasteiger partial charge in [0.15, 0.2) is 5.82 Å². The zero-order chi connectivity index (χ0) is 13.7. The summed E-state index contributed by atoms with van der Waals surface area (Å²) in [5.74, 6) is 1.02. The van der Waals surface area contributed by atoms with Crippen molar-refractivity contribution < 1.29 is 4.79 Å². The minimum absolute atomic E-state index is 0.0321. The van der Waals surface area contributed by atoms with E-state index in [1.165, 1.54) is 0 Å². The van der Waals surface area contributed by atoms with Crippen LogP contribution in [0.25, 0.3) is 0 Å². The van der Waals surface area contributed by atoms with E-state index in [9.17, 15) is 4.79 Å². The maximum absolute atomic E-state index is 11.7. The fraction of sp³-hybridized carbons (Fsp3) is 0.500. The molecule has 1 rings (SSSR count). The molecule has 100 valence electrons. The van der Waals surface area contributed by atoms with E-state index >= 15 is 0 Å². The molecule has 0 fully saturated rings. The van der Waals surface area contributed by atoms with Gasteiger partial charge in [0.2, 0.25) is 5.91 Å². The summed E-state index contributed by atoms with van der Waals surface area (Å²) in [6, 6.07) is 1.77. The molecular formula is C12H19BrN4O. The van der Waals surface area contributed by atoms with Gasteiger partial charge in [0.25, 0.3) is 0 Å². The number of nitrogens with two attached hydrogens (primary N) is 1. The number of anilines is 2. The first kappa shape index (κ1) is 14.8. The molecule has 1 heterocycles. The molecule has 0 saturated heterocycles. The maximum Gasteiger partial charge on any atom is 0.239 e. The zero-order valence-electron chi connectivity index (χ0n) is 10.9. The molecule has 5 nitrogen and oxygen atoms in total. The summed E-state index contributed by atoms with van der Waals surface area (Å²) in [7, 11) is 1.79. The van der Waals surface area contributed by atoms with Gasteiger partial charge in [0.05, 0.1) is 12.2 Å². The molecule has 1 aromatic rings. The van der Waals surface area contributed by atoms with E-state index in [0.29, 0.717) is 24.0 Å². The first-order valence-corrected chi connectivity index (χ1v) is 6.58. The lowest BCUT2D eigenvalue weighted by molar-refractivity contribution is -0.119. The van der Waals surface area contributed by atoms with E-state index in [2.05, 4.69) is 40.1 Å². The second-order valence-electron chi connectivity index (χ2n) is 4.62. The van der Waals surface area contributed by atoms with E-state index < -0.39 is 0 Å². The van der Waals surface area contributed by atoms with E-state index in [4.69, 9.17) is 5.73 Å². The lowest BCUT2D eigenvalue weighted by Gasteiger charge is -2.19. The zero-order valence-corrected chi connectivity index (χ0v) is 12.5. The van der Waals surface area contributed by atoms with Crippen LogP contribution in [-0.2, 0) is 4.79 Å². The largest absolute Gasteiger partial charge is 0.396 e. The molecule has 1 aromatic heterocycles. The number of likely N-dealkylation sites (N-methyl/N-ethyl adjacent to an activating group) is 1. The smallest absolute Gasteiger partial charge is 0.239 e. The van der Waals surface area contributed by atoms with Gasteiger partial charge in [-0.2, -0.15) is 0 Å². The molecule has 0 atom stereocenters. The number of pyridine rings is 1. The quantitative estimate of drug-likeness (QED) is 0.866. The van der Waals surface area contributed by atoms with Crippen LogP contribution in [0.3, 0.4) is 0 Å². The number of aromatic nitrogens is 1. The predicted molar refractivity (Wildman–Crippen MR) is 77.5 cm³/mol. The maximum atomic E-state index is 11.7. The van der Waals surface area contributed by atoms with Crippen molar-refractivity contribution in [2.24, 2.45) is 5.92 Å². The lowest BCUT2D eigenvalue weighted by Crippen LogP contribution is -2.37. The molecule has 3 N–H and O–H groups in total. The Hall–Kier alpha value is -1.30. The number of carbonyl (C=O) groups is 1. The van der Waals surface area contributed by atoms with Crippen LogP contribution in [0.5, 0.6) is 0 Å². The summed E-state index contributed by atoms with van der Waals surface area (Å²) in [5.41, 5.74) is 6.40. The topological polar surface area (TPSA) is 71.2 Å². The molecule has 0 aliphatic carbocycles. The van der Waals surface area contributed by atoms with Gasteiger partial charge in [-0.25, -0.2) is 4.98 Å². The fourth-order valence-corrected chi connectivity index (χ4v) is 1.78. The Balaban J connectivity index is 2.59. The number of rotatable bonds is 5. The van der Waals surface area contributed by atoms with Gasteiger partial charge < -0.3 is 16.0 Å². The third-order valence-electron chi connectivity index (χ3n) is 2.31. The first-order valence-electron chi connectivity index (χ1n) is 5.79. The Morgan fingerprint density at radius 1 is 1.61 bits per heavy atom. The summed E-state index contributed by atoms with van der Waals surface area (Å²) >= 11 is 3.30. The highest BCUT2D eigenvalue weighted by Gasteiger charge is 2.11. The molecule has 0 aromatic carbocycles. The summed E-state index contributed by atoms with van der Waals surface area (Å²) in [6.07, 6.45) is 1.66. The second-order valence-corrected chi connectivity index (χ2v) is 5.54. The number of halogens is 1. The van der Waals surface area contributed by atoms with Gasteiger partial charge in [-0.3, -0.25) is 4.79 Å². The molecule has 6 heteroatoms. The molecular weight excluding hydrogens is 296 g/mol. The normalized spacial score (nSPS) is 10.5. The van der Waals surface area contributed by atoms with Crippen molar-refractivity contribution in [2.75, 3.05) is 30.8 Å². The van der Waals surface area contributed by atoms with Crippen molar-refractivity contribution in [3.63, 3.8) is 0 Å². The van der Waals surface area contributed by atoms with Gasteiger partial charge in [0.1, 0.15) is 0 Å². The van der Waals surface area contributed by atoms with Gasteiger partial charge in [-0.15, -0.1) is 0 Å². The number of hydrogen-bond donors (Lipinski definition) is 2. The molecule has 0 aliphatic rings. The average molecular weight is 315 g/mol. The second kappa shape index (κ2) is 6.58. The Labute approximate surface area is 116 Å². The van der Waals surface area contributed by atoms with Crippen LogP contribution in [0.2, 0.25) is 0 Å². The van der Waals surface area contributed by atoms with Gasteiger partial charge >= 0.3 is 0 Å². The van der Waals surface area contributed by atoms with E-state index in [0.717, 1.165) is 4.47 Å². The SMILES string of the molecule is CC(C)CNC(=O)CN(C)c1ncc(Br)cc1N. The summed E-state index contributed by atoms with van der Waals surface area (Å²) in [5, 5.41) is 2.86. The van der Waals surface area contributed by atoms with Crippen molar-refractivity contribution in [1.82, 2.24) is 10.3 Å². The number of amides is 1. The monoisotopic (exact) mass is 314 g/mol. The third kappa shape index (κ3) is 4.52. The highest BCUT2D eigenvalue weighted by atomic mass is 79.9. The number of nitrogens with zero attached hydrogens (tertiary/aromatic N) is 2. The Kier molecular flexibility index (Phi) is 5.40. The molecule has 0 radical (unpaired) electrons. The highest BCUT2D eigenvalue weighted by molar-refractivity contribution is 9.10. The van der Waals surface area contributed by atoms with Crippen molar-refractivity contribution in [2.45, 2.75) is 13.8 Å². The highest BCUT2D eigenvalue weighted by Crippen LogP contribution is 2.22. The van der Waals surface area contributed by atoms with Gasteiger partial charge in [-0.05, 0) is 27.9 Å². The number of hydrogen-bond acceptors (Lipinski definition) is 4. The molecule has 0 aliphatic heterocycles. The number of carbonyl (C=O) groups excluding carboxylic acids is 1. The van der Waals surface area contributed by atoms with Gasteiger partial charge in [0, 0.05) is 24.3 Å². The van der Waals surface area contributed by atoms with E-state index in [1.54, 1.807) is 24.2 Å². The van der Waals surface area contributed by atoms with Crippen LogP contribution < -0.4 is 16.0 Å².